The smallest absolute Gasteiger partial charge is 0.251 e. The number of benzene rings is 1. The van der Waals surface area contributed by atoms with Crippen LogP contribution < -0.4 is 5.32 Å². The molecule has 1 atom stereocenters. The van der Waals surface area contributed by atoms with Crippen molar-refractivity contribution in [1.29, 1.82) is 0 Å². The summed E-state index contributed by atoms with van der Waals surface area (Å²) in [6.45, 7) is 6.35. The molecule has 25 heavy (non-hydrogen) atoms. The molecule has 1 aliphatic rings. The first kappa shape index (κ1) is 17.6. The van der Waals surface area contributed by atoms with Crippen LogP contribution in [0.1, 0.15) is 47.9 Å². The van der Waals surface area contributed by atoms with E-state index in [2.05, 4.69) is 29.5 Å². The molecule has 0 aliphatic carbocycles. The second-order valence-corrected chi connectivity index (χ2v) is 6.97. The predicted octanol–water partition coefficient (Wildman–Crippen LogP) is 2.41. The summed E-state index contributed by atoms with van der Waals surface area (Å²) in [5, 5.41) is 11.4. The number of hydrogen-bond acceptors (Lipinski definition) is 4. The standard InChI is InChI=1S/C19H26N4O2/c1-14(2)11-15-5-3-4-6-18(15)19(24)20-9-7-16-12-23(22-21-16)17-8-10-25-13-17/h3-6,12,14,17H,7-11,13H2,1-2H3,(H,20,24). The number of ether oxygens (including phenoxy) is 1. The molecule has 1 fully saturated rings. The normalized spacial score (nSPS) is 17.2. The Hall–Kier alpha value is -2.21. The zero-order valence-electron chi connectivity index (χ0n) is 14.9. The topological polar surface area (TPSA) is 69.0 Å². The Morgan fingerprint density at radius 1 is 1.40 bits per heavy atom. The van der Waals surface area contributed by atoms with Crippen molar-refractivity contribution in [3.63, 3.8) is 0 Å². The number of carbonyl (C=O) groups is 1. The number of nitrogens with one attached hydrogen (secondary N) is 1. The fourth-order valence-corrected chi connectivity index (χ4v) is 3.10. The van der Waals surface area contributed by atoms with Crippen LogP contribution in [0.5, 0.6) is 0 Å². The first-order valence-electron chi connectivity index (χ1n) is 8.98. The maximum Gasteiger partial charge on any atom is 0.251 e. The minimum atomic E-state index is -0.0205. The molecule has 0 bridgehead atoms. The minimum Gasteiger partial charge on any atom is -0.379 e. The summed E-state index contributed by atoms with van der Waals surface area (Å²) in [6.07, 6.45) is 4.51. The van der Waals surface area contributed by atoms with Gasteiger partial charge >= 0.3 is 0 Å². The van der Waals surface area contributed by atoms with Crippen LogP contribution in [0.2, 0.25) is 0 Å². The van der Waals surface area contributed by atoms with Crippen molar-refractivity contribution < 1.29 is 9.53 Å². The lowest BCUT2D eigenvalue weighted by Crippen LogP contribution is -2.27. The second-order valence-electron chi connectivity index (χ2n) is 6.97. The van der Waals surface area contributed by atoms with Gasteiger partial charge in [0.25, 0.3) is 5.91 Å². The Morgan fingerprint density at radius 3 is 3.00 bits per heavy atom. The molecule has 0 spiro atoms. The molecule has 2 aromatic rings. The van der Waals surface area contributed by atoms with E-state index in [9.17, 15) is 4.79 Å². The van der Waals surface area contributed by atoms with Crippen LogP contribution in [0.3, 0.4) is 0 Å². The van der Waals surface area contributed by atoms with Gasteiger partial charge in [-0.3, -0.25) is 4.79 Å². The predicted molar refractivity (Wildman–Crippen MR) is 95.5 cm³/mol. The van der Waals surface area contributed by atoms with E-state index in [0.717, 1.165) is 36.3 Å². The molecule has 1 N–H and O–H groups in total. The van der Waals surface area contributed by atoms with Crippen LogP contribution >= 0.6 is 0 Å². The van der Waals surface area contributed by atoms with Gasteiger partial charge in [0.15, 0.2) is 0 Å². The Labute approximate surface area is 148 Å². The van der Waals surface area contributed by atoms with Gasteiger partial charge in [-0.2, -0.15) is 0 Å². The summed E-state index contributed by atoms with van der Waals surface area (Å²) >= 11 is 0. The Balaban J connectivity index is 1.53. The maximum atomic E-state index is 12.5. The van der Waals surface area contributed by atoms with Crippen molar-refractivity contribution in [2.75, 3.05) is 19.8 Å². The highest BCUT2D eigenvalue weighted by Gasteiger charge is 2.19. The summed E-state index contributed by atoms with van der Waals surface area (Å²) in [4.78, 5) is 12.5. The molecule has 1 aromatic carbocycles. The van der Waals surface area contributed by atoms with Gasteiger partial charge in [0, 0.05) is 31.3 Å². The van der Waals surface area contributed by atoms with Gasteiger partial charge in [0.1, 0.15) is 0 Å². The molecule has 1 saturated heterocycles. The number of aromatic nitrogens is 3. The van der Waals surface area contributed by atoms with Crippen molar-refractivity contribution >= 4 is 5.91 Å². The molecule has 6 nitrogen and oxygen atoms in total. The lowest BCUT2D eigenvalue weighted by Gasteiger charge is -2.11. The summed E-state index contributed by atoms with van der Waals surface area (Å²) in [6, 6.07) is 8.11. The monoisotopic (exact) mass is 342 g/mol. The van der Waals surface area contributed by atoms with Crippen LogP contribution in [0, 0.1) is 5.92 Å². The quantitative estimate of drug-likeness (QED) is 0.839. The number of rotatable bonds is 7. The average molecular weight is 342 g/mol. The Bertz CT molecular complexity index is 705. The second kappa shape index (κ2) is 8.25. The minimum absolute atomic E-state index is 0.0205. The van der Waals surface area contributed by atoms with E-state index >= 15 is 0 Å². The van der Waals surface area contributed by atoms with Crippen LogP contribution in [0.25, 0.3) is 0 Å². The van der Waals surface area contributed by atoms with Crippen LogP contribution in [0.15, 0.2) is 30.5 Å². The van der Waals surface area contributed by atoms with E-state index in [1.807, 2.05) is 35.1 Å². The van der Waals surface area contributed by atoms with E-state index in [0.29, 0.717) is 31.5 Å². The zero-order chi connectivity index (χ0) is 17.6. The Kier molecular flexibility index (Phi) is 5.81. The zero-order valence-corrected chi connectivity index (χ0v) is 14.9. The van der Waals surface area contributed by atoms with Gasteiger partial charge in [-0.1, -0.05) is 37.3 Å². The molecule has 134 valence electrons. The number of hydrogen-bond donors (Lipinski definition) is 1. The summed E-state index contributed by atoms with van der Waals surface area (Å²) in [7, 11) is 0. The summed E-state index contributed by atoms with van der Waals surface area (Å²) in [5.74, 6) is 0.497. The first-order chi connectivity index (χ1) is 12.1. The highest BCUT2D eigenvalue weighted by atomic mass is 16.5. The molecule has 0 radical (unpaired) electrons. The Morgan fingerprint density at radius 2 is 2.24 bits per heavy atom. The molecule has 3 rings (SSSR count). The summed E-state index contributed by atoms with van der Waals surface area (Å²) < 4.78 is 7.25. The van der Waals surface area contributed by atoms with E-state index < -0.39 is 0 Å². The van der Waals surface area contributed by atoms with Gasteiger partial charge in [-0.15, -0.1) is 5.10 Å². The van der Waals surface area contributed by atoms with Gasteiger partial charge in [-0.25, -0.2) is 4.68 Å². The third-order valence-electron chi connectivity index (χ3n) is 4.39. The summed E-state index contributed by atoms with van der Waals surface area (Å²) in [5.41, 5.74) is 2.76. The number of carbonyl (C=O) groups excluding carboxylic acids is 1. The van der Waals surface area contributed by atoms with Crippen molar-refractivity contribution in [2.45, 2.75) is 39.2 Å². The maximum absolute atomic E-state index is 12.5. The molecule has 1 aliphatic heterocycles. The van der Waals surface area contributed by atoms with Gasteiger partial charge in [0.05, 0.1) is 18.3 Å². The molecule has 2 heterocycles. The van der Waals surface area contributed by atoms with Gasteiger partial charge < -0.3 is 10.1 Å². The van der Waals surface area contributed by atoms with Crippen molar-refractivity contribution in [3.8, 4) is 0 Å². The highest BCUT2D eigenvalue weighted by Crippen LogP contribution is 2.17. The largest absolute Gasteiger partial charge is 0.379 e. The SMILES string of the molecule is CC(C)Cc1ccccc1C(=O)NCCc1cn(C2CCOC2)nn1. The fraction of sp³-hybridized carbons (Fsp3) is 0.526. The van der Waals surface area contributed by atoms with Gasteiger partial charge in [-0.05, 0) is 30.4 Å². The van der Waals surface area contributed by atoms with E-state index in [4.69, 9.17) is 4.74 Å². The number of amides is 1. The fourth-order valence-electron chi connectivity index (χ4n) is 3.10. The first-order valence-corrected chi connectivity index (χ1v) is 8.98. The van der Waals surface area contributed by atoms with Crippen LogP contribution in [-0.4, -0.2) is 40.7 Å². The highest BCUT2D eigenvalue weighted by molar-refractivity contribution is 5.95. The lowest BCUT2D eigenvalue weighted by molar-refractivity contribution is 0.0953. The third-order valence-corrected chi connectivity index (χ3v) is 4.39. The van der Waals surface area contributed by atoms with E-state index in [1.165, 1.54) is 0 Å². The van der Waals surface area contributed by atoms with E-state index in [-0.39, 0.29) is 5.91 Å². The molecule has 1 aromatic heterocycles. The van der Waals surface area contributed by atoms with Crippen molar-refractivity contribution in [3.05, 3.63) is 47.3 Å². The van der Waals surface area contributed by atoms with E-state index in [1.54, 1.807) is 0 Å². The number of nitrogens with zero attached hydrogens (tertiary/aromatic N) is 3. The van der Waals surface area contributed by atoms with Crippen molar-refractivity contribution in [2.24, 2.45) is 5.92 Å². The van der Waals surface area contributed by atoms with Crippen molar-refractivity contribution in [1.82, 2.24) is 20.3 Å². The van der Waals surface area contributed by atoms with Crippen LogP contribution in [0.4, 0.5) is 0 Å². The molecule has 1 amide bonds. The average Bonchev–Trinajstić information content (AvgIpc) is 3.26. The molecular weight excluding hydrogens is 316 g/mol. The lowest BCUT2D eigenvalue weighted by atomic mass is 9.97. The molecule has 6 heteroatoms. The van der Waals surface area contributed by atoms with Crippen LogP contribution in [-0.2, 0) is 17.6 Å². The molecular formula is C19H26N4O2. The molecule has 0 saturated carbocycles. The third kappa shape index (κ3) is 4.66. The molecule has 1 unspecified atom stereocenters. The van der Waals surface area contributed by atoms with Gasteiger partial charge in [0.2, 0.25) is 0 Å².